The molecule has 0 unspecified atom stereocenters. The first-order valence-corrected chi connectivity index (χ1v) is 5.89. The average molecular weight is 246 g/mol. The molecule has 0 spiro atoms. The number of carboxylic acids is 1. The molecule has 1 aromatic rings. The molecule has 4 heteroatoms. The number of benzene rings is 1. The molecule has 4 nitrogen and oxygen atoms in total. The number of hydrogen-bond acceptors (Lipinski definition) is 3. The van der Waals surface area contributed by atoms with Gasteiger partial charge in [0.15, 0.2) is 0 Å². The van der Waals surface area contributed by atoms with Crippen molar-refractivity contribution in [3.63, 3.8) is 0 Å². The number of carboxylic acid groups (broad SMARTS) is 1. The van der Waals surface area contributed by atoms with Crippen molar-refractivity contribution in [3.8, 4) is 0 Å². The van der Waals surface area contributed by atoms with Gasteiger partial charge in [-0.3, -0.25) is 4.79 Å². The molecule has 0 fully saturated rings. The monoisotopic (exact) mass is 246 g/mol. The van der Waals surface area contributed by atoms with Crippen LogP contribution in [0.2, 0.25) is 0 Å². The quantitative estimate of drug-likeness (QED) is 0.790. The highest BCUT2D eigenvalue weighted by Gasteiger charge is 2.07. The molecule has 18 heavy (non-hydrogen) atoms. The summed E-state index contributed by atoms with van der Waals surface area (Å²) in [6.45, 7) is 4.00. The van der Waals surface area contributed by atoms with E-state index in [0.29, 0.717) is 0 Å². The Morgan fingerprint density at radius 3 is 2.17 bits per heavy atom. The van der Waals surface area contributed by atoms with Crippen LogP contribution in [-0.4, -0.2) is 11.9 Å². The highest BCUT2D eigenvalue weighted by Crippen LogP contribution is 2.22. The van der Waals surface area contributed by atoms with Crippen LogP contribution < -0.4 is 10.4 Å². The van der Waals surface area contributed by atoms with Gasteiger partial charge in [0.1, 0.15) is 0 Å². The van der Waals surface area contributed by atoms with E-state index >= 15 is 0 Å². The molecule has 0 aliphatic carbocycles. The number of carbonyl (C=O) groups excluding carboxylic acids is 2. The Bertz CT molecular complexity index is 456. The van der Waals surface area contributed by atoms with Crippen LogP contribution in [0.3, 0.4) is 0 Å². The maximum absolute atomic E-state index is 11.6. The third-order valence-electron chi connectivity index (χ3n) is 2.62. The Hall–Kier alpha value is -2.10. The molecule has 0 radical (unpaired) electrons. The van der Waals surface area contributed by atoms with E-state index in [-0.39, 0.29) is 0 Å². The summed E-state index contributed by atoms with van der Waals surface area (Å²) in [4.78, 5) is 21.8. The number of aliphatic carboxylic acids is 1. The summed E-state index contributed by atoms with van der Waals surface area (Å²) in [5.74, 6) is -1.85. The minimum atomic E-state index is -1.38. The third kappa shape index (κ3) is 3.73. The maximum atomic E-state index is 11.6. The summed E-state index contributed by atoms with van der Waals surface area (Å²) in [6.07, 6.45) is 3.28. The van der Waals surface area contributed by atoms with E-state index in [1.807, 2.05) is 32.0 Å². The zero-order valence-electron chi connectivity index (χ0n) is 10.5. The molecule has 0 bridgehead atoms. The van der Waals surface area contributed by atoms with Gasteiger partial charge in [-0.05, 0) is 30.0 Å². The lowest BCUT2D eigenvalue weighted by Crippen LogP contribution is -2.20. The van der Waals surface area contributed by atoms with Gasteiger partial charge in [-0.25, -0.2) is 0 Å². The number of para-hydroxylation sites is 1. The molecule has 0 aliphatic rings. The molecule has 0 saturated carbocycles. The molecule has 1 amide bonds. The van der Waals surface area contributed by atoms with Crippen molar-refractivity contribution in [2.45, 2.75) is 26.7 Å². The fourth-order valence-corrected chi connectivity index (χ4v) is 1.71. The molecule has 1 rings (SSSR count). The Kier molecular flexibility index (Phi) is 5.11. The van der Waals surface area contributed by atoms with Crippen LogP contribution in [0, 0.1) is 0 Å². The minimum Gasteiger partial charge on any atom is -0.545 e. The van der Waals surface area contributed by atoms with Crippen LogP contribution in [0.1, 0.15) is 25.0 Å². The Morgan fingerprint density at radius 1 is 1.17 bits per heavy atom. The Morgan fingerprint density at radius 2 is 1.72 bits per heavy atom. The Labute approximate surface area is 106 Å². The second-order valence-corrected chi connectivity index (χ2v) is 3.80. The first-order chi connectivity index (χ1) is 8.58. The predicted molar refractivity (Wildman–Crippen MR) is 68.0 cm³/mol. The summed E-state index contributed by atoms with van der Waals surface area (Å²) in [7, 11) is 0. The number of rotatable bonds is 5. The van der Waals surface area contributed by atoms with Crippen molar-refractivity contribution < 1.29 is 14.7 Å². The van der Waals surface area contributed by atoms with Crippen molar-refractivity contribution in [1.29, 1.82) is 0 Å². The molecular formula is C14H16NO3-. The maximum Gasteiger partial charge on any atom is 0.248 e. The van der Waals surface area contributed by atoms with Gasteiger partial charge in [0, 0.05) is 11.8 Å². The van der Waals surface area contributed by atoms with Crippen molar-refractivity contribution in [2.24, 2.45) is 0 Å². The summed E-state index contributed by atoms with van der Waals surface area (Å²) >= 11 is 0. The molecule has 0 saturated heterocycles. The standard InChI is InChI=1S/C14H17NO3/c1-3-10-6-5-7-11(4-2)14(10)15-12(16)8-9-13(17)18/h5-9H,3-4H2,1-2H3,(H,15,16)(H,17,18)/p-1/b9-8+. The van der Waals surface area contributed by atoms with Crippen molar-refractivity contribution >= 4 is 17.6 Å². The first-order valence-electron chi connectivity index (χ1n) is 5.89. The lowest BCUT2D eigenvalue weighted by molar-refractivity contribution is -0.297. The van der Waals surface area contributed by atoms with Crippen LogP contribution in [0.25, 0.3) is 0 Å². The second-order valence-electron chi connectivity index (χ2n) is 3.80. The Balaban J connectivity index is 2.95. The summed E-state index contributed by atoms with van der Waals surface area (Å²) < 4.78 is 0. The van der Waals surface area contributed by atoms with Gasteiger partial charge in [0.2, 0.25) is 5.91 Å². The summed E-state index contributed by atoms with van der Waals surface area (Å²) in [5, 5.41) is 12.9. The number of amides is 1. The SMILES string of the molecule is CCc1cccc(CC)c1NC(=O)/C=C/C(=O)[O-]. The van der Waals surface area contributed by atoms with E-state index in [2.05, 4.69) is 5.32 Å². The molecule has 0 aromatic heterocycles. The third-order valence-corrected chi connectivity index (χ3v) is 2.62. The number of nitrogens with one attached hydrogen (secondary N) is 1. The second kappa shape index (κ2) is 6.59. The van der Waals surface area contributed by atoms with E-state index in [9.17, 15) is 14.7 Å². The van der Waals surface area contributed by atoms with Gasteiger partial charge in [-0.1, -0.05) is 32.0 Å². The molecule has 1 N–H and O–H groups in total. The van der Waals surface area contributed by atoms with Crippen LogP contribution in [0.4, 0.5) is 5.69 Å². The average Bonchev–Trinajstić information content (AvgIpc) is 2.36. The van der Waals surface area contributed by atoms with Crippen LogP contribution in [0.5, 0.6) is 0 Å². The molecular weight excluding hydrogens is 230 g/mol. The fourth-order valence-electron chi connectivity index (χ4n) is 1.71. The zero-order valence-corrected chi connectivity index (χ0v) is 10.5. The van der Waals surface area contributed by atoms with Gasteiger partial charge < -0.3 is 15.2 Å². The van der Waals surface area contributed by atoms with E-state index in [0.717, 1.165) is 41.8 Å². The van der Waals surface area contributed by atoms with Gasteiger partial charge >= 0.3 is 0 Å². The molecule has 0 atom stereocenters. The predicted octanol–water partition coefficient (Wildman–Crippen LogP) is 1.06. The van der Waals surface area contributed by atoms with Crippen LogP contribution in [-0.2, 0) is 22.4 Å². The number of hydrogen-bond donors (Lipinski definition) is 1. The zero-order chi connectivity index (χ0) is 13.5. The van der Waals surface area contributed by atoms with Crippen LogP contribution >= 0.6 is 0 Å². The lowest BCUT2D eigenvalue weighted by atomic mass is 10.0. The van der Waals surface area contributed by atoms with Gasteiger partial charge in [0.25, 0.3) is 0 Å². The molecule has 96 valence electrons. The lowest BCUT2D eigenvalue weighted by Gasteiger charge is -2.13. The van der Waals surface area contributed by atoms with E-state index in [1.165, 1.54) is 0 Å². The largest absolute Gasteiger partial charge is 0.545 e. The van der Waals surface area contributed by atoms with Gasteiger partial charge in [-0.15, -0.1) is 0 Å². The number of carbonyl (C=O) groups is 2. The van der Waals surface area contributed by atoms with Crippen molar-refractivity contribution in [3.05, 3.63) is 41.5 Å². The number of aryl methyl sites for hydroxylation is 2. The van der Waals surface area contributed by atoms with Crippen LogP contribution in [0.15, 0.2) is 30.4 Å². The summed E-state index contributed by atoms with van der Waals surface area (Å²) in [6, 6.07) is 5.83. The summed E-state index contributed by atoms with van der Waals surface area (Å²) in [5.41, 5.74) is 2.84. The molecule has 1 aromatic carbocycles. The highest BCUT2D eigenvalue weighted by atomic mass is 16.4. The van der Waals surface area contributed by atoms with Gasteiger partial charge in [-0.2, -0.15) is 0 Å². The number of anilines is 1. The fraction of sp³-hybridized carbons (Fsp3) is 0.286. The minimum absolute atomic E-state index is 0.463. The van der Waals surface area contributed by atoms with Crippen molar-refractivity contribution in [2.75, 3.05) is 5.32 Å². The van der Waals surface area contributed by atoms with Crippen molar-refractivity contribution in [1.82, 2.24) is 0 Å². The topological polar surface area (TPSA) is 69.2 Å². The van der Waals surface area contributed by atoms with E-state index < -0.39 is 11.9 Å². The van der Waals surface area contributed by atoms with E-state index in [4.69, 9.17) is 0 Å². The normalized spacial score (nSPS) is 10.6. The van der Waals surface area contributed by atoms with E-state index in [1.54, 1.807) is 0 Å². The van der Waals surface area contributed by atoms with Gasteiger partial charge in [0.05, 0.1) is 5.97 Å². The highest BCUT2D eigenvalue weighted by molar-refractivity contribution is 6.02. The molecule has 0 heterocycles. The first kappa shape index (κ1) is 14.0. The smallest absolute Gasteiger partial charge is 0.248 e. The molecule has 0 aliphatic heterocycles.